The molecular weight excluding hydrogens is 256 g/mol. The molecule has 4 nitrogen and oxygen atoms in total. The quantitative estimate of drug-likeness (QED) is 0.374. The number of hydrogen-bond acceptors (Lipinski definition) is 4. The summed E-state index contributed by atoms with van der Waals surface area (Å²) in [5.41, 5.74) is 1.14. The topological polar surface area (TPSA) is 44.8 Å². The Hall–Kier alpha value is -1.39. The highest BCUT2D eigenvalue weighted by Gasteiger charge is 2.12. The maximum absolute atomic E-state index is 11.3. The van der Waals surface area contributed by atoms with Gasteiger partial charge in [0.25, 0.3) is 0 Å². The summed E-state index contributed by atoms with van der Waals surface area (Å²) in [5, 5.41) is 0. The lowest BCUT2D eigenvalue weighted by Gasteiger charge is -2.17. The second-order valence-corrected chi connectivity index (χ2v) is 4.52. The minimum Gasteiger partial charge on any atom is -0.466 e. The van der Waals surface area contributed by atoms with Gasteiger partial charge in [-0.25, -0.2) is 0 Å². The van der Waals surface area contributed by atoms with Crippen LogP contribution in [0.25, 0.3) is 0 Å². The van der Waals surface area contributed by atoms with Crippen molar-refractivity contribution in [2.75, 3.05) is 20.5 Å². The van der Waals surface area contributed by atoms with E-state index in [1.54, 1.807) is 7.11 Å². The largest absolute Gasteiger partial charge is 0.466 e. The maximum Gasteiger partial charge on any atom is 0.305 e. The standard InChI is InChI=1S/C16H24O4/c1-3-19-16(17)12-8-7-11-15(20-13-18-2)14-9-5-4-6-10-14/h4-6,9-10,15H,3,7-8,11-13H2,1-2H3/t15-/m0/s1. The molecule has 1 atom stereocenters. The third kappa shape index (κ3) is 6.68. The first kappa shape index (κ1) is 16.7. The van der Waals surface area contributed by atoms with Crippen molar-refractivity contribution in [3.63, 3.8) is 0 Å². The van der Waals surface area contributed by atoms with Crippen LogP contribution in [0.1, 0.15) is 44.3 Å². The molecule has 1 aromatic rings. The van der Waals surface area contributed by atoms with E-state index in [1.165, 1.54) is 0 Å². The maximum atomic E-state index is 11.3. The number of hydrogen-bond donors (Lipinski definition) is 0. The molecule has 0 aliphatic rings. The molecule has 0 spiro atoms. The lowest BCUT2D eigenvalue weighted by molar-refractivity contribution is -0.143. The van der Waals surface area contributed by atoms with Crippen molar-refractivity contribution in [1.82, 2.24) is 0 Å². The number of rotatable bonds is 10. The second-order valence-electron chi connectivity index (χ2n) is 4.52. The molecule has 20 heavy (non-hydrogen) atoms. The molecule has 0 saturated carbocycles. The predicted octanol–water partition coefficient (Wildman–Crippen LogP) is 3.47. The highest BCUT2D eigenvalue weighted by molar-refractivity contribution is 5.69. The molecule has 0 bridgehead atoms. The monoisotopic (exact) mass is 280 g/mol. The van der Waals surface area contributed by atoms with Crippen molar-refractivity contribution in [3.05, 3.63) is 35.9 Å². The van der Waals surface area contributed by atoms with E-state index in [-0.39, 0.29) is 18.9 Å². The number of carbonyl (C=O) groups is 1. The summed E-state index contributed by atoms with van der Waals surface area (Å²) in [6.07, 6.45) is 3.09. The fraction of sp³-hybridized carbons (Fsp3) is 0.562. The van der Waals surface area contributed by atoms with Crippen LogP contribution in [0.5, 0.6) is 0 Å². The Bertz CT molecular complexity index is 364. The molecule has 0 aliphatic carbocycles. The number of methoxy groups -OCH3 is 1. The Morgan fingerprint density at radius 2 is 1.95 bits per heavy atom. The summed E-state index contributed by atoms with van der Waals surface area (Å²) >= 11 is 0. The van der Waals surface area contributed by atoms with E-state index in [0.717, 1.165) is 24.8 Å². The molecule has 4 heteroatoms. The summed E-state index contributed by atoms with van der Waals surface area (Å²) in [6, 6.07) is 10.1. The van der Waals surface area contributed by atoms with Crippen LogP contribution < -0.4 is 0 Å². The van der Waals surface area contributed by atoms with Crippen molar-refractivity contribution in [3.8, 4) is 0 Å². The summed E-state index contributed by atoms with van der Waals surface area (Å²) in [6.45, 7) is 2.54. The molecule has 0 aliphatic heterocycles. The fourth-order valence-electron chi connectivity index (χ4n) is 2.00. The molecule has 112 valence electrons. The number of unbranched alkanes of at least 4 members (excludes halogenated alkanes) is 1. The highest BCUT2D eigenvalue weighted by atomic mass is 16.7. The molecule has 0 aromatic heterocycles. The van der Waals surface area contributed by atoms with Gasteiger partial charge < -0.3 is 14.2 Å². The normalized spacial score (nSPS) is 12.1. The van der Waals surface area contributed by atoms with Crippen LogP contribution in [0, 0.1) is 0 Å². The molecule has 0 N–H and O–H groups in total. The first-order valence-corrected chi connectivity index (χ1v) is 7.09. The van der Waals surface area contributed by atoms with Crippen LogP contribution in [0.2, 0.25) is 0 Å². The number of benzene rings is 1. The highest BCUT2D eigenvalue weighted by Crippen LogP contribution is 2.23. The lowest BCUT2D eigenvalue weighted by Crippen LogP contribution is -2.08. The van der Waals surface area contributed by atoms with Crippen molar-refractivity contribution in [2.45, 2.75) is 38.7 Å². The van der Waals surface area contributed by atoms with Gasteiger partial charge in [-0.15, -0.1) is 0 Å². The van der Waals surface area contributed by atoms with Crippen LogP contribution in [0.15, 0.2) is 30.3 Å². The first-order valence-electron chi connectivity index (χ1n) is 7.09. The van der Waals surface area contributed by atoms with Gasteiger partial charge in [-0.3, -0.25) is 4.79 Å². The van der Waals surface area contributed by atoms with Gasteiger partial charge in [0.2, 0.25) is 0 Å². The molecule has 1 aromatic carbocycles. The van der Waals surface area contributed by atoms with Crippen molar-refractivity contribution < 1.29 is 19.0 Å². The van der Waals surface area contributed by atoms with Crippen LogP contribution in [-0.2, 0) is 19.0 Å². The molecular formula is C16H24O4. The molecule has 0 fully saturated rings. The van der Waals surface area contributed by atoms with Crippen molar-refractivity contribution in [2.24, 2.45) is 0 Å². The van der Waals surface area contributed by atoms with E-state index in [2.05, 4.69) is 0 Å². The zero-order chi connectivity index (χ0) is 14.6. The average Bonchev–Trinajstić information content (AvgIpc) is 2.47. The van der Waals surface area contributed by atoms with E-state index in [9.17, 15) is 4.79 Å². The lowest BCUT2D eigenvalue weighted by atomic mass is 10.0. The minimum absolute atomic E-state index is 0.0124. The Morgan fingerprint density at radius 1 is 1.20 bits per heavy atom. The van der Waals surface area contributed by atoms with Gasteiger partial charge in [0.1, 0.15) is 6.79 Å². The van der Waals surface area contributed by atoms with Gasteiger partial charge >= 0.3 is 5.97 Å². The van der Waals surface area contributed by atoms with Crippen LogP contribution in [0.4, 0.5) is 0 Å². The van der Waals surface area contributed by atoms with Gasteiger partial charge in [0.05, 0.1) is 12.7 Å². The van der Waals surface area contributed by atoms with Crippen molar-refractivity contribution >= 4 is 5.97 Å². The van der Waals surface area contributed by atoms with Gasteiger partial charge in [0.15, 0.2) is 0 Å². The Labute approximate surface area is 121 Å². The summed E-state index contributed by atoms with van der Waals surface area (Å²) in [7, 11) is 1.61. The van der Waals surface area contributed by atoms with E-state index in [0.29, 0.717) is 13.0 Å². The summed E-state index contributed by atoms with van der Waals surface area (Å²) < 4.78 is 15.6. The van der Waals surface area contributed by atoms with Crippen molar-refractivity contribution in [1.29, 1.82) is 0 Å². The molecule has 0 heterocycles. The summed E-state index contributed by atoms with van der Waals surface area (Å²) in [4.78, 5) is 11.3. The van der Waals surface area contributed by atoms with E-state index in [4.69, 9.17) is 14.2 Å². The fourth-order valence-corrected chi connectivity index (χ4v) is 2.00. The Morgan fingerprint density at radius 3 is 2.60 bits per heavy atom. The number of esters is 1. The number of ether oxygens (including phenoxy) is 3. The summed E-state index contributed by atoms with van der Waals surface area (Å²) in [5.74, 6) is -0.124. The van der Waals surface area contributed by atoms with Gasteiger partial charge in [0, 0.05) is 13.5 Å². The molecule has 0 saturated heterocycles. The zero-order valence-electron chi connectivity index (χ0n) is 12.3. The van der Waals surface area contributed by atoms with Gasteiger partial charge in [-0.05, 0) is 31.7 Å². The third-order valence-corrected chi connectivity index (χ3v) is 2.96. The zero-order valence-corrected chi connectivity index (χ0v) is 12.3. The van der Waals surface area contributed by atoms with Crippen LogP contribution in [0.3, 0.4) is 0 Å². The van der Waals surface area contributed by atoms with Crippen LogP contribution >= 0.6 is 0 Å². The minimum atomic E-state index is -0.124. The first-order chi connectivity index (χ1) is 9.77. The molecule has 0 amide bonds. The Balaban J connectivity index is 2.36. The van der Waals surface area contributed by atoms with E-state index >= 15 is 0 Å². The average molecular weight is 280 g/mol. The SMILES string of the molecule is CCOC(=O)CCCC[C@H](OCOC)c1ccccc1. The Kier molecular flexibility index (Phi) is 8.67. The number of carbonyl (C=O) groups excluding carboxylic acids is 1. The second kappa shape index (κ2) is 10.4. The molecule has 0 unspecified atom stereocenters. The molecule has 0 radical (unpaired) electrons. The third-order valence-electron chi connectivity index (χ3n) is 2.96. The van der Waals surface area contributed by atoms with Gasteiger partial charge in [-0.2, -0.15) is 0 Å². The van der Waals surface area contributed by atoms with E-state index in [1.807, 2.05) is 37.3 Å². The van der Waals surface area contributed by atoms with Crippen LogP contribution in [-0.4, -0.2) is 26.5 Å². The smallest absolute Gasteiger partial charge is 0.305 e. The predicted molar refractivity (Wildman–Crippen MR) is 77.2 cm³/mol. The van der Waals surface area contributed by atoms with E-state index < -0.39 is 0 Å². The van der Waals surface area contributed by atoms with Gasteiger partial charge in [-0.1, -0.05) is 30.3 Å². The molecule has 1 rings (SSSR count).